The SMILES string of the molecule is CC(CCCOC(=O)C(F)S(=O)(=O)O)C1CCC2C3C(O)CC4CC(O)CCC4(C)C3CC(=O)C12C. The van der Waals surface area contributed by atoms with Crippen LogP contribution in [0.1, 0.15) is 78.6 Å². The third kappa shape index (κ3) is 4.64. The van der Waals surface area contributed by atoms with E-state index in [0.29, 0.717) is 32.1 Å². The molecule has 0 spiro atoms. The summed E-state index contributed by atoms with van der Waals surface area (Å²) in [6.07, 6.45) is 5.44. The normalized spacial score (nSPS) is 44.2. The largest absolute Gasteiger partial charge is 0.463 e. The Labute approximate surface area is 213 Å². The van der Waals surface area contributed by atoms with Gasteiger partial charge in [0.15, 0.2) is 0 Å². The smallest absolute Gasteiger partial charge is 0.359 e. The molecule has 206 valence electrons. The number of carbonyl (C=O) groups is 2. The molecule has 4 aliphatic rings. The van der Waals surface area contributed by atoms with Gasteiger partial charge in [-0.15, -0.1) is 0 Å². The Kier molecular flexibility index (Phi) is 7.67. The van der Waals surface area contributed by atoms with E-state index in [1.54, 1.807) is 0 Å². The van der Waals surface area contributed by atoms with E-state index in [1.807, 2.05) is 0 Å². The van der Waals surface area contributed by atoms with Crippen LogP contribution in [0.15, 0.2) is 0 Å². The molecule has 0 heterocycles. The molecule has 4 saturated carbocycles. The molecule has 0 aromatic rings. The number of aliphatic hydroxyl groups excluding tert-OH is 2. The van der Waals surface area contributed by atoms with Crippen LogP contribution in [0.2, 0.25) is 0 Å². The number of rotatable bonds is 7. The van der Waals surface area contributed by atoms with Crippen LogP contribution in [0.3, 0.4) is 0 Å². The lowest BCUT2D eigenvalue weighted by atomic mass is 9.43. The lowest BCUT2D eigenvalue weighted by Gasteiger charge is -2.61. The highest BCUT2D eigenvalue weighted by atomic mass is 32.2. The van der Waals surface area contributed by atoms with Gasteiger partial charge < -0.3 is 14.9 Å². The number of ether oxygens (including phenoxy) is 1. The Morgan fingerprint density at radius 1 is 1.17 bits per heavy atom. The minimum atomic E-state index is -5.14. The predicted molar refractivity (Wildman–Crippen MR) is 129 cm³/mol. The molecule has 11 atom stereocenters. The summed E-state index contributed by atoms with van der Waals surface area (Å²) in [7, 11) is -5.14. The van der Waals surface area contributed by atoms with Gasteiger partial charge in [-0.2, -0.15) is 8.42 Å². The van der Waals surface area contributed by atoms with Crippen LogP contribution in [0.5, 0.6) is 0 Å². The zero-order valence-corrected chi connectivity index (χ0v) is 22.3. The van der Waals surface area contributed by atoms with Gasteiger partial charge in [0.25, 0.3) is 0 Å². The van der Waals surface area contributed by atoms with Gasteiger partial charge in [-0.1, -0.05) is 20.8 Å². The number of aliphatic hydroxyl groups is 2. The topological polar surface area (TPSA) is 138 Å². The first-order valence-electron chi connectivity index (χ1n) is 13.4. The molecule has 0 aliphatic heterocycles. The third-order valence-electron chi connectivity index (χ3n) is 10.8. The average Bonchev–Trinajstić information content (AvgIpc) is 3.15. The first-order valence-corrected chi connectivity index (χ1v) is 14.9. The van der Waals surface area contributed by atoms with Gasteiger partial charge in [-0.05, 0) is 92.3 Å². The van der Waals surface area contributed by atoms with Crippen LogP contribution in [0, 0.1) is 46.3 Å². The lowest BCUT2D eigenvalue weighted by Crippen LogP contribution is -2.61. The van der Waals surface area contributed by atoms with Gasteiger partial charge in [-0.3, -0.25) is 9.35 Å². The maximum absolute atomic E-state index is 13.8. The number of Topliss-reactive ketones (excluding diaryl/α,β-unsaturated/α-hetero) is 1. The summed E-state index contributed by atoms with van der Waals surface area (Å²) < 4.78 is 48.1. The second kappa shape index (κ2) is 9.89. The van der Waals surface area contributed by atoms with E-state index in [9.17, 15) is 32.6 Å². The van der Waals surface area contributed by atoms with E-state index in [2.05, 4.69) is 25.5 Å². The summed E-state index contributed by atoms with van der Waals surface area (Å²) in [4.78, 5) is 25.3. The molecular weight excluding hydrogens is 491 g/mol. The van der Waals surface area contributed by atoms with Crippen LogP contribution in [-0.2, 0) is 24.4 Å². The molecule has 0 aromatic heterocycles. The van der Waals surface area contributed by atoms with Crippen LogP contribution < -0.4 is 0 Å². The van der Waals surface area contributed by atoms with Crippen molar-refractivity contribution in [3.05, 3.63) is 0 Å². The number of halogens is 1. The summed E-state index contributed by atoms with van der Waals surface area (Å²) in [6, 6.07) is 0. The highest BCUT2D eigenvalue weighted by Crippen LogP contribution is 2.67. The van der Waals surface area contributed by atoms with Crippen molar-refractivity contribution in [2.24, 2.45) is 46.3 Å². The predicted octanol–water partition coefficient (Wildman–Crippen LogP) is 3.30. The van der Waals surface area contributed by atoms with Gasteiger partial charge in [0.05, 0.1) is 18.8 Å². The number of ketones is 1. The Morgan fingerprint density at radius 2 is 1.86 bits per heavy atom. The van der Waals surface area contributed by atoms with Crippen LogP contribution in [0.25, 0.3) is 0 Å². The van der Waals surface area contributed by atoms with Crippen LogP contribution in [-0.4, -0.2) is 59.3 Å². The molecule has 36 heavy (non-hydrogen) atoms. The number of fused-ring (bicyclic) bond motifs is 5. The van der Waals surface area contributed by atoms with E-state index < -0.39 is 33.1 Å². The molecule has 4 fully saturated rings. The van der Waals surface area contributed by atoms with Crippen molar-refractivity contribution in [1.82, 2.24) is 0 Å². The number of hydrogen-bond acceptors (Lipinski definition) is 7. The molecule has 8 nitrogen and oxygen atoms in total. The Bertz CT molecular complexity index is 971. The summed E-state index contributed by atoms with van der Waals surface area (Å²) in [6.45, 7) is 6.22. The van der Waals surface area contributed by atoms with Gasteiger partial charge in [0, 0.05) is 11.8 Å². The monoisotopic (exact) mass is 532 g/mol. The van der Waals surface area contributed by atoms with Crippen molar-refractivity contribution in [2.75, 3.05) is 6.61 Å². The van der Waals surface area contributed by atoms with Crippen LogP contribution >= 0.6 is 0 Å². The second-order valence-corrected chi connectivity index (χ2v) is 13.9. The first-order chi connectivity index (χ1) is 16.7. The van der Waals surface area contributed by atoms with Crippen molar-refractivity contribution >= 4 is 21.9 Å². The summed E-state index contributed by atoms with van der Waals surface area (Å²) in [5.41, 5.74) is -3.68. The van der Waals surface area contributed by atoms with Crippen molar-refractivity contribution < 1.29 is 41.9 Å². The number of carbonyl (C=O) groups excluding carboxylic acids is 2. The summed E-state index contributed by atoms with van der Waals surface area (Å²) in [5, 5.41) is 21.5. The minimum Gasteiger partial charge on any atom is -0.463 e. The maximum Gasteiger partial charge on any atom is 0.359 e. The highest BCUT2D eigenvalue weighted by Gasteiger charge is 2.65. The van der Waals surface area contributed by atoms with Gasteiger partial charge in [0.1, 0.15) is 5.78 Å². The Balaban J connectivity index is 1.42. The van der Waals surface area contributed by atoms with E-state index in [-0.39, 0.29) is 59.4 Å². The molecule has 10 heteroatoms. The molecular formula is C26H41FO8S. The molecule has 11 unspecified atom stereocenters. The standard InChI is InChI=1S/C26H41FO8S/c1-14(5-4-10-35-24(31)23(27)36(32,33)34)17-6-7-18-22-19(13-21(30)26(17,18)3)25(2)9-8-16(28)11-15(25)12-20(22)29/h14-20,22-23,28-29H,4-13H2,1-3H3,(H,32,33,34). The van der Waals surface area contributed by atoms with Crippen molar-refractivity contribution in [3.63, 3.8) is 0 Å². The summed E-state index contributed by atoms with van der Waals surface area (Å²) in [5.74, 6) is -0.574. The van der Waals surface area contributed by atoms with E-state index >= 15 is 0 Å². The minimum absolute atomic E-state index is 0.0377. The molecule has 0 radical (unpaired) electrons. The van der Waals surface area contributed by atoms with E-state index in [1.165, 1.54) is 0 Å². The van der Waals surface area contributed by atoms with E-state index in [4.69, 9.17) is 4.55 Å². The van der Waals surface area contributed by atoms with Crippen LogP contribution in [0.4, 0.5) is 4.39 Å². The molecule has 4 rings (SSSR count). The number of esters is 1. The molecule has 0 bridgehead atoms. The van der Waals surface area contributed by atoms with E-state index in [0.717, 1.165) is 25.7 Å². The lowest BCUT2D eigenvalue weighted by molar-refractivity contribution is -0.181. The maximum atomic E-state index is 13.8. The molecule has 0 aromatic carbocycles. The third-order valence-corrected chi connectivity index (χ3v) is 11.5. The Morgan fingerprint density at radius 3 is 2.53 bits per heavy atom. The highest BCUT2D eigenvalue weighted by molar-refractivity contribution is 7.87. The zero-order chi connectivity index (χ0) is 26.6. The molecule has 0 amide bonds. The number of alkyl halides is 1. The number of hydrogen-bond donors (Lipinski definition) is 3. The summed E-state index contributed by atoms with van der Waals surface area (Å²) >= 11 is 0. The van der Waals surface area contributed by atoms with Gasteiger partial charge in [-0.25, -0.2) is 9.18 Å². The fraction of sp³-hybridized carbons (Fsp3) is 0.923. The second-order valence-electron chi connectivity index (χ2n) is 12.4. The van der Waals surface area contributed by atoms with Crippen molar-refractivity contribution in [2.45, 2.75) is 96.3 Å². The molecule has 3 N–H and O–H groups in total. The quantitative estimate of drug-likeness (QED) is 0.258. The average molecular weight is 533 g/mol. The fourth-order valence-corrected chi connectivity index (χ4v) is 9.14. The van der Waals surface area contributed by atoms with Crippen molar-refractivity contribution in [3.8, 4) is 0 Å². The zero-order valence-electron chi connectivity index (χ0n) is 21.4. The molecule has 4 aliphatic carbocycles. The molecule has 0 saturated heterocycles. The fourth-order valence-electron chi connectivity index (χ4n) is 8.83. The Hall–Kier alpha value is -1.10. The van der Waals surface area contributed by atoms with Gasteiger partial charge in [0.2, 0.25) is 0 Å². The first kappa shape index (κ1) is 27.9. The van der Waals surface area contributed by atoms with Gasteiger partial charge >= 0.3 is 21.6 Å². The van der Waals surface area contributed by atoms with Crippen molar-refractivity contribution in [1.29, 1.82) is 0 Å².